The van der Waals surface area contributed by atoms with Gasteiger partial charge in [-0.15, -0.1) is 0 Å². The molecule has 0 saturated carbocycles. The van der Waals surface area contributed by atoms with E-state index in [9.17, 15) is 5.21 Å². The molecule has 2 aromatic carbocycles. The van der Waals surface area contributed by atoms with Gasteiger partial charge in [0.15, 0.2) is 0 Å². The minimum absolute atomic E-state index is 0.0580. The molecule has 1 aliphatic rings. The quantitative estimate of drug-likeness (QED) is 0.599. The predicted molar refractivity (Wildman–Crippen MR) is 107 cm³/mol. The van der Waals surface area contributed by atoms with Gasteiger partial charge in [-0.1, -0.05) is 43.3 Å². The number of nitrogens with zero attached hydrogens (tertiary/aromatic N) is 1. The summed E-state index contributed by atoms with van der Waals surface area (Å²) in [6.45, 7) is 4.34. The fraction of sp³-hybridized carbons (Fsp3) is 0.409. The normalized spacial score (nSPS) is 24.2. The van der Waals surface area contributed by atoms with Crippen molar-refractivity contribution in [1.82, 2.24) is 5.32 Å². The second-order valence-electron chi connectivity index (χ2n) is 7.31. The van der Waals surface area contributed by atoms with E-state index in [1.807, 2.05) is 24.3 Å². The lowest BCUT2D eigenvalue weighted by atomic mass is 9.75. The summed E-state index contributed by atoms with van der Waals surface area (Å²) in [6.07, 6.45) is 0.679. The maximum Gasteiger partial charge on any atom is 0.118 e. The molecular weight excluding hydrogens is 340 g/mol. The van der Waals surface area contributed by atoms with Crippen LogP contribution in [0.25, 0.3) is 0 Å². The van der Waals surface area contributed by atoms with Crippen molar-refractivity contribution >= 4 is 5.71 Å². The van der Waals surface area contributed by atoms with Gasteiger partial charge in [0.25, 0.3) is 0 Å². The van der Waals surface area contributed by atoms with Crippen molar-refractivity contribution in [3.05, 3.63) is 59.7 Å². The van der Waals surface area contributed by atoms with E-state index in [1.54, 1.807) is 14.2 Å². The standard InChI is InChI=1S/C22H28N2O3/c1-14(2)21-20(24-25)13-19(15-5-9-17(26-3)10-6-15)23-22(21)16-7-11-18(27-4)12-8-16/h5-12,14,19,21-23,25H,13H2,1-4H3/b24-20+/t19-,21-,22-/m0/s1. The van der Waals surface area contributed by atoms with Crippen LogP contribution in [-0.4, -0.2) is 25.1 Å². The molecule has 3 atom stereocenters. The molecule has 2 aromatic rings. The van der Waals surface area contributed by atoms with E-state index in [0.29, 0.717) is 12.3 Å². The average Bonchev–Trinajstić information content (AvgIpc) is 2.72. The van der Waals surface area contributed by atoms with Crippen molar-refractivity contribution in [1.29, 1.82) is 0 Å². The first-order valence-corrected chi connectivity index (χ1v) is 9.32. The molecule has 5 heteroatoms. The third kappa shape index (κ3) is 4.08. The molecule has 1 fully saturated rings. The number of nitrogens with one attached hydrogen (secondary N) is 1. The van der Waals surface area contributed by atoms with Crippen molar-refractivity contribution in [2.75, 3.05) is 14.2 Å². The summed E-state index contributed by atoms with van der Waals surface area (Å²) in [7, 11) is 3.33. The average molecular weight is 368 g/mol. The maximum atomic E-state index is 9.72. The van der Waals surface area contributed by atoms with Gasteiger partial charge in [-0.2, -0.15) is 0 Å². The Balaban J connectivity index is 1.95. The predicted octanol–water partition coefficient (Wildman–Crippen LogP) is 4.58. The number of hydrogen-bond donors (Lipinski definition) is 2. The molecule has 0 spiro atoms. The lowest BCUT2D eigenvalue weighted by molar-refractivity contribution is 0.263. The highest BCUT2D eigenvalue weighted by Gasteiger charge is 2.38. The van der Waals surface area contributed by atoms with Gasteiger partial charge in [-0.25, -0.2) is 0 Å². The number of ether oxygens (including phenoxy) is 2. The van der Waals surface area contributed by atoms with Crippen LogP contribution in [0.15, 0.2) is 53.7 Å². The molecule has 1 heterocycles. The summed E-state index contributed by atoms with van der Waals surface area (Å²) < 4.78 is 10.6. The SMILES string of the molecule is COc1ccc([C@@H]2C/C(=N\O)[C@H](C(C)C)[C@H](c3ccc(OC)cc3)N2)cc1. The number of hydrogen-bond acceptors (Lipinski definition) is 5. The highest BCUT2D eigenvalue weighted by molar-refractivity contribution is 5.89. The van der Waals surface area contributed by atoms with Gasteiger partial charge in [0.05, 0.1) is 19.9 Å². The molecule has 0 aromatic heterocycles. The molecule has 1 aliphatic heterocycles. The Morgan fingerprint density at radius 3 is 1.89 bits per heavy atom. The zero-order chi connectivity index (χ0) is 19.4. The van der Waals surface area contributed by atoms with E-state index < -0.39 is 0 Å². The van der Waals surface area contributed by atoms with E-state index in [4.69, 9.17) is 9.47 Å². The van der Waals surface area contributed by atoms with Crippen molar-refractivity contribution in [3.8, 4) is 11.5 Å². The molecule has 0 radical (unpaired) electrons. The van der Waals surface area contributed by atoms with E-state index >= 15 is 0 Å². The van der Waals surface area contributed by atoms with Crippen LogP contribution >= 0.6 is 0 Å². The number of oxime groups is 1. The van der Waals surface area contributed by atoms with Crippen LogP contribution in [0.2, 0.25) is 0 Å². The second-order valence-corrected chi connectivity index (χ2v) is 7.31. The first-order valence-electron chi connectivity index (χ1n) is 9.32. The summed E-state index contributed by atoms with van der Waals surface area (Å²) >= 11 is 0. The van der Waals surface area contributed by atoms with Crippen LogP contribution in [0.5, 0.6) is 11.5 Å². The molecule has 0 amide bonds. The van der Waals surface area contributed by atoms with E-state index in [2.05, 4.69) is 48.6 Å². The zero-order valence-corrected chi connectivity index (χ0v) is 16.3. The highest BCUT2D eigenvalue weighted by atomic mass is 16.5. The molecule has 27 heavy (non-hydrogen) atoms. The van der Waals surface area contributed by atoms with Crippen LogP contribution in [0.1, 0.15) is 43.5 Å². The number of methoxy groups -OCH3 is 2. The Labute approximate surface area is 161 Å². The molecule has 5 nitrogen and oxygen atoms in total. The minimum atomic E-state index is 0.0580. The van der Waals surface area contributed by atoms with Crippen LogP contribution in [0, 0.1) is 11.8 Å². The van der Waals surface area contributed by atoms with Crippen molar-refractivity contribution in [2.24, 2.45) is 17.0 Å². The van der Waals surface area contributed by atoms with E-state index in [-0.39, 0.29) is 18.0 Å². The van der Waals surface area contributed by atoms with Crippen LogP contribution < -0.4 is 14.8 Å². The first-order chi connectivity index (χ1) is 13.1. The van der Waals surface area contributed by atoms with Crippen LogP contribution in [-0.2, 0) is 0 Å². The largest absolute Gasteiger partial charge is 0.497 e. The zero-order valence-electron chi connectivity index (χ0n) is 16.3. The van der Waals surface area contributed by atoms with Crippen LogP contribution in [0.4, 0.5) is 0 Å². The minimum Gasteiger partial charge on any atom is -0.497 e. The summed E-state index contributed by atoms with van der Waals surface area (Å²) in [5.74, 6) is 2.13. The molecule has 0 bridgehead atoms. The summed E-state index contributed by atoms with van der Waals surface area (Å²) in [5.41, 5.74) is 3.15. The van der Waals surface area contributed by atoms with Crippen molar-refractivity contribution < 1.29 is 14.7 Å². The van der Waals surface area contributed by atoms with Gasteiger partial charge in [-0.3, -0.25) is 0 Å². The summed E-state index contributed by atoms with van der Waals surface area (Å²) in [5, 5.41) is 17.2. The molecule has 0 unspecified atom stereocenters. The van der Waals surface area contributed by atoms with E-state index in [1.165, 1.54) is 0 Å². The Morgan fingerprint density at radius 1 is 0.926 bits per heavy atom. The molecule has 1 saturated heterocycles. The highest BCUT2D eigenvalue weighted by Crippen LogP contribution is 2.39. The van der Waals surface area contributed by atoms with Gasteiger partial charge in [0.1, 0.15) is 11.5 Å². The van der Waals surface area contributed by atoms with Crippen molar-refractivity contribution in [2.45, 2.75) is 32.4 Å². The Bertz CT molecular complexity index is 769. The lowest BCUT2D eigenvalue weighted by Gasteiger charge is -2.40. The van der Waals surface area contributed by atoms with E-state index in [0.717, 1.165) is 28.3 Å². The third-order valence-corrected chi connectivity index (χ3v) is 5.38. The Hall–Kier alpha value is -2.53. The summed E-state index contributed by atoms with van der Waals surface area (Å²) in [6, 6.07) is 16.3. The Kier molecular flexibility index (Phi) is 6.01. The first kappa shape index (κ1) is 19.2. The third-order valence-electron chi connectivity index (χ3n) is 5.38. The number of piperidine rings is 1. The van der Waals surface area contributed by atoms with Gasteiger partial charge < -0.3 is 20.0 Å². The smallest absolute Gasteiger partial charge is 0.118 e. The van der Waals surface area contributed by atoms with Gasteiger partial charge in [0.2, 0.25) is 0 Å². The molecular formula is C22H28N2O3. The number of rotatable bonds is 5. The van der Waals surface area contributed by atoms with Gasteiger partial charge in [0, 0.05) is 24.4 Å². The second kappa shape index (κ2) is 8.44. The molecule has 3 rings (SSSR count). The maximum absolute atomic E-state index is 9.72. The fourth-order valence-corrected chi connectivity index (χ4v) is 3.96. The molecule has 0 aliphatic carbocycles. The topological polar surface area (TPSA) is 63.1 Å². The molecule has 2 N–H and O–H groups in total. The molecule has 144 valence electrons. The summed E-state index contributed by atoms with van der Waals surface area (Å²) in [4.78, 5) is 0. The fourth-order valence-electron chi connectivity index (χ4n) is 3.96. The van der Waals surface area contributed by atoms with Gasteiger partial charge >= 0.3 is 0 Å². The monoisotopic (exact) mass is 368 g/mol. The van der Waals surface area contributed by atoms with Gasteiger partial charge in [-0.05, 0) is 41.3 Å². The van der Waals surface area contributed by atoms with Crippen molar-refractivity contribution in [3.63, 3.8) is 0 Å². The lowest BCUT2D eigenvalue weighted by Crippen LogP contribution is -2.44. The number of benzene rings is 2. The Morgan fingerprint density at radius 2 is 1.44 bits per heavy atom. The van der Waals surface area contributed by atoms with Crippen LogP contribution in [0.3, 0.4) is 0 Å².